The molecule has 0 aliphatic carbocycles. The van der Waals surface area contributed by atoms with E-state index in [1.165, 1.54) is 0 Å². The Morgan fingerprint density at radius 1 is 1.10 bits per heavy atom. The molecule has 0 fully saturated rings. The van der Waals surface area contributed by atoms with Gasteiger partial charge >= 0.3 is 5.97 Å². The number of aliphatic carboxylic acids is 1. The van der Waals surface area contributed by atoms with Gasteiger partial charge in [0.1, 0.15) is 5.75 Å². The van der Waals surface area contributed by atoms with Gasteiger partial charge in [-0.3, -0.25) is 9.78 Å². The molecule has 0 bridgehead atoms. The van der Waals surface area contributed by atoms with Crippen LogP contribution in [0.2, 0.25) is 0 Å². The number of carboxylic acid groups (broad SMARTS) is 1. The van der Waals surface area contributed by atoms with Crippen LogP contribution in [-0.4, -0.2) is 28.6 Å². The number of aromatic nitrogens is 1. The fraction of sp³-hybridized carbons (Fsp3) is 0.133. The van der Waals surface area contributed by atoms with Crippen LogP contribution in [0.3, 0.4) is 0 Å². The van der Waals surface area contributed by atoms with Gasteiger partial charge in [0.15, 0.2) is 6.61 Å². The van der Waals surface area contributed by atoms with Crippen molar-refractivity contribution in [3.63, 3.8) is 0 Å². The molecule has 1 amide bonds. The first-order valence-corrected chi connectivity index (χ1v) is 6.27. The lowest BCUT2D eigenvalue weighted by Gasteiger charge is -2.07. The van der Waals surface area contributed by atoms with Crippen LogP contribution < -0.4 is 10.1 Å². The van der Waals surface area contributed by atoms with E-state index in [2.05, 4.69) is 10.3 Å². The zero-order chi connectivity index (χ0) is 15.1. The Labute approximate surface area is 121 Å². The summed E-state index contributed by atoms with van der Waals surface area (Å²) in [5, 5.41) is 11.3. The lowest BCUT2D eigenvalue weighted by Crippen LogP contribution is -2.14. The van der Waals surface area contributed by atoms with E-state index in [0.29, 0.717) is 11.4 Å². The molecule has 0 saturated heterocycles. The smallest absolute Gasteiger partial charge is 0.341 e. The summed E-state index contributed by atoms with van der Waals surface area (Å²) >= 11 is 0. The highest BCUT2D eigenvalue weighted by atomic mass is 16.5. The molecule has 6 nitrogen and oxygen atoms in total. The van der Waals surface area contributed by atoms with Crippen LogP contribution in [0.4, 0.5) is 5.69 Å². The van der Waals surface area contributed by atoms with E-state index in [1.54, 1.807) is 48.8 Å². The van der Waals surface area contributed by atoms with Crippen molar-refractivity contribution in [2.75, 3.05) is 11.9 Å². The number of carboxylic acids is 1. The van der Waals surface area contributed by atoms with Crippen molar-refractivity contribution in [1.29, 1.82) is 0 Å². The maximum absolute atomic E-state index is 11.8. The predicted octanol–water partition coefficient (Wildman–Crippen LogP) is 1.73. The van der Waals surface area contributed by atoms with Gasteiger partial charge in [0.25, 0.3) is 0 Å². The van der Waals surface area contributed by atoms with Crippen molar-refractivity contribution < 1.29 is 19.4 Å². The predicted molar refractivity (Wildman–Crippen MR) is 76.1 cm³/mol. The first-order valence-electron chi connectivity index (χ1n) is 6.27. The van der Waals surface area contributed by atoms with Gasteiger partial charge < -0.3 is 15.2 Å². The number of benzene rings is 1. The molecular formula is C15H14N2O4. The van der Waals surface area contributed by atoms with Crippen LogP contribution in [0.5, 0.6) is 5.75 Å². The van der Waals surface area contributed by atoms with Crippen LogP contribution in [0.15, 0.2) is 48.8 Å². The Morgan fingerprint density at radius 2 is 1.76 bits per heavy atom. The minimum Gasteiger partial charge on any atom is -0.482 e. The first-order chi connectivity index (χ1) is 10.1. The molecule has 2 aromatic rings. The Balaban J connectivity index is 1.88. The summed E-state index contributed by atoms with van der Waals surface area (Å²) in [4.78, 5) is 26.1. The number of carbonyl (C=O) groups excluding carboxylic acids is 1. The summed E-state index contributed by atoms with van der Waals surface area (Å²) < 4.78 is 5.00. The molecule has 0 atom stereocenters. The Hall–Kier alpha value is -2.89. The quantitative estimate of drug-likeness (QED) is 0.844. The number of amides is 1. The molecular weight excluding hydrogens is 272 g/mol. The summed E-state index contributed by atoms with van der Waals surface area (Å²) in [5.74, 6) is -0.741. The summed E-state index contributed by atoms with van der Waals surface area (Å²) in [6.45, 7) is -0.395. The van der Waals surface area contributed by atoms with E-state index in [9.17, 15) is 9.59 Å². The van der Waals surface area contributed by atoms with E-state index in [-0.39, 0.29) is 12.3 Å². The lowest BCUT2D eigenvalue weighted by atomic mass is 10.2. The van der Waals surface area contributed by atoms with Crippen LogP contribution >= 0.6 is 0 Å². The molecule has 0 radical (unpaired) electrons. The summed E-state index contributed by atoms with van der Waals surface area (Å²) in [5.41, 5.74) is 1.50. The largest absolute Gasteiger partial charge is 0.482 e. The van der Waals surface area contributed by atoms with Crippen LogP contribution in [0, 0.1) is 0 Å². The molecule has 0 aliphatic rings. The zero-order valence-electron chi connectivity index (χ0n) is 11.2. The molecule has 2 rings (SSSR count). The molecule has 108 valence electrons. The SMILES string of the molecule is O=C(O)COc1ccc(NC(=O)Cc2ccncc2)cc1. The van der Waals surface area contributed by atoms with E-state index in [1.807, 2.05) is 0 Å². The maximum Gasteiger partial charge on any atom is 0.341 e. The number of hydrogen-bond donors (Lipinski definition) is 2. The Bertz CT molecular complexity index is 611. The number of pyridine rings is 1. The molecule has 1 aromatic carbocycles. The maximum atomic E-state index is 11.8. The lowest BCUT2D eigenvalue weighted by molar-refractivity contribution is -0.139. The first kappa shape index (κ1) is 14.5. The monoisotopic (exact) mass is 286 g/mol. The second kappa shape index (κ2) is 7.04. The van der Waals surface area contributed by atoms with Crippen LogP contribution in [0.1, 0.15) is 5.56 Å². The highest BCUT2D eigenvalue weighted by Crippen LogP contribution is 2.15. The summed E-state index contributed by atoms with van der Waals surface area (Å²) in [7, 11) is 0. The van der Waals surface area contributed by atoms with Gasteiger partial charge in [-0.1, -0.05) is 0 Å². The molecule has 0 saturated carbocycles. The Kier molecular flexibility index (Phi) is 4.87. The minimum atomic E-state index is -1.04. The van der Waals surface area contributed by atoms with Crippen molar-refractivity contribution in [3.05, 3.63) is 54.4 Å². The Morgan fingerprint density at radius 3 is 2.38 bits per heavy atom. The van der Waals surface area contributed by atoms with Crippen molar-refractivity contribution in [2.24, 2.45) is 0 Å². The second-order valence-electron chi connectivity index (χ2n) is 4.29. The van der Waals surface area contributed by atoms with Crippen molar-refractivity contribution >= 4 is 17.6 Å². The van der Waals surface area contributed by atoms with Crippen molar-refractivity contribution in [2.45, 2.75) is 6.42 Å². The molecule has 0 unspecified atom stereocenters. The fourth-order valence-electron chi connectivity index (χ4n) is 1.67. The van der Waals surface area contributed by atoms with Gasteiger partial charge in [-0.15, -0.1) is 0 Å². The van der Waals surface area contributed by atoms with Crippen molar-refractivity contribution in [1.82, 2.24) is 4.98 Å². The molecule has 21 heavy (non-hydrogen) atoms. The number of hydrogen-bond acceptors (Lipinski definition) is 4. The van der Waals surface area contributed by atoms with Gasteiger partial charge in [0.05, 0.1) is 6.42 Å². The number of nitrogens with one attached hydrogen (secondary N) is 1. The minimum absolute atomic E-state index is 0.139. The number of anilines is 1. The number of nitrogens with zero attached hydrogens (tertiary/aromatic N) is 1. The molecule has 6 heteroatoms. The number of rotatable bonds is 6. The molecule has 0 aliphatic heterocycles. The van der Waals surface area contributed by atoms with Gasteiger partial charge in [0.2, 0.25) is 5.91 Å². The number of ether oxygens (including phenoxy) is 1. The number of carbonyl (C=O) groups is 2. The van der Waals surface area contributed by atoms with Crippen LogP contribution in [0.25, 0.3) is 0 Å². The highest BCUT2D eigenvalue weighted by molar-refractivity contribution is 5.92. The van der Waals surface area contributed by atoms with E-state index in [0.717, 1.165) is 5.56 Å². The standard InChI is InChI=1S/C15H14N2O4/c18-14(9-11-5-7-16-8-6-11)17-12-1-3-13(4-2-12)21-10-15(19)20/h1-8H,9-10H2,(H,17,18)(H,19,20). The van der Waals surface area contributed by atoms with E-state index < -0.39 is 12.6 Å². The van der Waals surface area contributed by atoms with Gasteiger partial charge in [0, 0.05) is 18.1 Å². The average molecular weight is 286 g/mol. The molecule has 1 heterocycles. The topological polar surface area (TPSA) is 88.5 Å². The summed E-state index contributed by atoms with van der Waals surface area (Å²) in [6.07, 6.45) is 3.54. The highest BCUT2D eigenvalue weighted by Gasteiger charge is 2.04. The molecule has 2 N–H and O–H groups in total. The third-order valence-corrected chi connectivity index (χ3v) is 2.61. The third kappa shape index (κ3) is 4.94. The van der Waals surface area contributed by atoms with Crippen LogP contribution in [-0.2, 0) is 16.0 Å². The van der Waals surface area contributed by atoms with Gasteiger partial charge in [-0.25, -0.2) is 4.79 Å². The van der Waals surface area contributed by atoms with E-state index in [4.69, 9.17) is 9.84 Å². The third-order valence-electron chi connectivity index (χ3n) is 2.61. The average Bonchev–Trinajstić information content (AvgIpc) is 2.47. The van der Waals surface area contributed by atoms with Gasteiger partial charge in [-0.05, 0) is 42.0 Å². The van der Waals surface area contributed by atoms with Gasteiger partial charge in [-0.2, -0.15) is 0 Å². The normalized spacial score (nSPS) is 9.90. The van der Waals surface area contributed by atoms with E-state index >= 15 is 0 Å². The summed E-state index contributed by atoms with van der Waals surface area (Å²) in [6, 6.07) is 10.1. The molecule has 1 aromatic heterocycles. The van der Waals surface area contributed by atoms with Crippen molar-refractivity contribution in [3.8, 4) is 5.75 Å². The zero-order valence-corrected chi connectivity index (χ0v) is 11.2. The molecule has 0 spiro atoms. The fourth-order valence-corrected chi connectivity index (χ4v) is 1.67. The second-order valence-corrected chi connectivity index (χ2v) is 4.29.